The lowest BCUT2D eigenvalue weighted by Crippen LogP contribution is -2.52. The first-order chi connectivity index (χ1) is 16.7. The van der Waals surface area contributed by atoms with Crippen molar-refractivity contribution >= 4 is 17.7 Å². The molecule has 0 bridgehead atoms. The summed E-state index contributed by atoms with van der Waals surface area (Å²) in [6.07, 6.45) is 3.85. The van der Waals surface area contributed by atoms with E-state index in [1.807, 2.05) is 18.2 Å². The van der Waals surface area contributed by atoms with Crippen LogP contribution in [0, 0.1) is 5.92 Å². The molecule has 0 aromatic heterocycles. The number of nitrogens with one attached hydrogen (secondary N) is 2. The molecule has 3 N–H and O–H groups in total. The molecule has 0 spiro atoms. The van der Waals surface area contributed by atoms with Crippen LogP contribution in [0.2, 0.25) is 0 Å². The standard InChI is InChI=1S/C26H33F2N3O4/c27-26(28)9-7-18(8-10-26)29-21-13-19(32)3-2-16(21)11-15-1-4-20-17(12-15)14-31(25(20)35)22-5-6-23(33)30-24(22)34/h1,4,12,16,18-19,21-22,29,32H,2-3,5-11,13-14H2,(H,30,33,34)/t16-,19?,21+,22?/m1/s1. The molecule has 5 rings (SSSR count). The second kappa shape index (κ2) is 9.58. The quantitative estimate of drug-likeness (QED) is 0.553. The van der Waals surface area contributed by atoms with Gasteiger partial charge < -0.3 is 15.3 Å². The molecule has 1 saturated heterocycles. The number of hydrogen-bond donors (Lipinski definition) is 3. The summed E-state index contributed by atoms with van der Waals surface area (Å²) in [7, 11) is 0. The van der Waals surface area contributed by atoms with Gasteiger partial charge in [0.25, 0.3) is 5.91 Å². The summed E-state index contributed by atoms with van der Waals surface area (Å²) >= 11 is 0. The SMILES string of the molecule is O=C1CCC(N2Cc3cc(C[C@H]4CCC(O)C[C@@H]4NC4CCC(F)(F)CC4)ccc3C2=O)C(=O)N1. The predicted octanol–water partition coefficient (Wildman–Crippen LogP) is 2.69. The number of alkyl halides is 2. The Kier molecular flexibility index (Phi) is 6.65. The van der Waals surface area contributed by atoms with Crippen molar-refractivity contribution in [2.24, 2.45) is 5.92 Å². The summed E-state index contributed by atoms with van der Waals surface area (Å²) < 4.78 is 27.1. The van der Waals surface area contributed by atoms with Crippen molar-refractivity contribution in [1.29, 1.82) is 0 Å². The molecule has 190 valence electrons. The summed E-state index contributed by atoms with van der Waals surface area (Å²) in [4.78, 5) is 38.3. The van der Waals surface area contributed by atoms with Gasteiger partial charge in [-0.2, -0.15) is 0 Å². The molecule has 35 heavy (non-hydrogen) atoms. The maximum Gasteiger partial charge on any atom is 0.255 e. The molecule has 2 unspecified atom stereocenters. The maximum absolute atomic E-state index is 13.6. The first-order valence-corrected chi connectivity index (χ1v) is 12.8. The van der Waals surface area contributed by atoms with Crippen LogP contribution >= 0.6 is 0 Å². The van der Waals surface area contributed by atoms with E-state index < -0.39 is 17.9 Å². The van der Waals surface area contributed by atoms with E-state index in [2.05, 4.69) is 10.6 Å². The fraction of sp³-hybridized carbons (Fsp3) is 0.654. The van der Waals surface area contributed by atoms with Crippen LogP contribution in [0.5, 0.6) is 0 Å². The fourth-order valence-electron chi connectivity index (χ4n) is 6.23. The Bertz CT molecular complexity index is 1010. The predicted molar refractivity (Wildman–Crippen MR) is 124 cm³/mol. The van der Waals surface area contributed by atoms with E-state index in [-0.39, 0.29) is 55.2 Å². The van der Waals surface area contributed by atoms with Crippen LogP contribution in [-0.2, 0) is 22.6 Å². The first kappa shape index (κ1) is 24.3. The van der Waals surface area contributed by atoms with Gasteiger partial charge in [-0.05, 0) is 68.1 Å². The average Bonchev–Trinajstić information content (AvgIpc) is 3.12. The van der Waals surface area contributed by atoms with Gasteiger partial charge in [-0.15, -0.1) is 0 Å². The number of nitrogens with zero attached hydrogens (tertiary/aromatic N) is 1. The second-order valence-corrected chi connectivity index (χ2v) is 10.7. The minimum Gasteiger partial charge on any atom is -0.393 e. The zero-order valence-electron chi connectivity index (χ0n) is 19.8. The van der Waals surface area contributed by atoms with Gasteiger partial charge in [0.05, 0.1) is 6.10 Å². The zero-order valence-corrected chi connectivity index (χ0v) is 19.8. The van der Waals surface area contributed by atoms with Crippen molar-refractivity contribution in [3.05, 3.63) is 34.9 Å². The van der Waals surface area contributed by atoms with Gasteiger partial charge in [0.2, 0.25) is 17.7 Å². The minimum absolute atomic E-state index is 0.0483. The Morgan fingerprint density at radius 3 is 2.60 bits per heavy atom. The van der Waals surface area contributed by atoms with Crippen LogP contribution in [-0.4, -0.2) is 57.9 Å². The van der Waals surface area contributed by atoms with E-state index in [1.165, 1.54) is 0 Å². The third-order valence-corrected chi connectivity index (χ3v) is 8.22. The lowest BCUT2D eigenvalue weighted by atomic mass is 9.78. The third kappa shape index (κ3) is 5.26. The highest BCUT2D eigenvalue weighted by Crippen LogP contribution is 2.36. The molecule has 0 radical (unpaired) electrons. The fourth-order valence-corrected chi connectivity index (χ4v) is 6.23. The van der Waals surface area contributed by atoms with Gasteiger partial charge >= 0.3 is 0 Å². The molecular formula is C26H33F2N3O4. The molecule has 7 nitrogen and oxygen atoms in total. The smallest absolute Gasteiger partial charge is 0.255 e. The second-order valence-electron chi connectivity index (χ2n) is 10.7. The molecule has 4 aliphatic rings. The van der Waals surface area contributed by atoms with Crippen molar-refractivity contribution in [3.8, 4) is 0 Å². The number of fused-ring (bicyclic) bond motifs is 1. The highest BCUT2D eigenvalue weighted by atomic mass is 19.3. The van der Waals surface area contributed by atoms with Crippen LogP contribution in [0.15, 0.2) is 18.2 Å². The molecule has 2 aliphatic carbocycles. The largest absolute Gasteiger partial charge is 0.393 e. The summed E-state index contributed by atoms with van der Waals surface area (Å²) in [5.74, 6) is -3.20. The Morgan fingerprint density at radius 2 is 1.86 bits per heavy atom. The van der Waals surface area contributed by atoms with E-state index in [9.17, 15) is 28.3 Å². The van der Waals surface area contributed by atoms with Crippen molar-refractivity contribution < 1.29 is 28.3 Å². The molecule has 2 saturated carbocycles. The summed E-state index contributed by atoms with van der Waals surface area (Å²) in [6, 6.07) is 5.28. The van der Waals surface area contributed by atoms with E-state index in [4.69, 9.17) is 0 Å². The Hall–Kier alpha value is -2.39. The maximum atomic E-state index is 13.6. The van der Waals surface area contributed by atoms with E-state index in [0.29, 0.717) is 37.8 Å². The van der Waals surface area contributed by atoms with Crippen molar-refractivity contribution in [1.82, 2.24) is 15.5 Å². The molecule has 4 atom stereocenters. The topological polar surface area (TPSA) is 98.7 Å². The number of halogens is 2. The number of imide groups is 1. The monoisotopic (exact) mass is 489 g/mol. The minimum atomic E-state index is -2.56. The van der Waals surface area contributed by atoms with Gasteiger partial charge in [-0.25, -0.2) is 8.78 Å². The number of rotatable bonds is 5. The third-order valence-electron chi connectivity index (χ3n) is 8.22. The zero-order chi connectivity index (χ0) is 24.7. The van der Waals surface area contributed by atoms with Gasteiger partial charge in [0.1, 0.15) is 6.04 Å². The van der Waals surface area contributed by atoms with Gasteiger partial charge in [0.15, 0.2) is 0 Å². The highest BCUT2D eigenvalue weighted by molar-refractivity contribution is 6.05. The molecular weight excluding hydrogens is 456 g/mol. The van der Waals surface area contributed by atoms with E-state index in [1.54, 1.807) is 4.90 Å². The summed E-state index contributed by atoms with van der Waals surface area (Å²) in [6.45, 7) is 0.343. The number of amides is 3. The van der Waals surface area contributed by atoms with E-state index >= 15 is 0 Å². The van der Waals surface area contributed by atoms with E-state index in [0.717, 1.165) is 30.4 Å². The number of carbonyl (C=O) groups is 3. The molecule has 2 heterocycles. The van der Waals surface area contributed by atoms with Crippen LogP contribution in [0.3, 0.4) is 0 Å². The Balaban J connectivity index is 1.25. The molecule has 1 aromatic rings. The number of carbonyl (C=O) groups excluding carboxylic acids is 3. The Morgan fingerprint density at radius 1 is 1.09 bits per heavy atom. The number of aliphatic hydroxyl groups is 1. The molecule has 3 fully saturated rings. The lowest BCUT2D eigenvalue weighted by molar-refractivity contribution is -0.136. The normalized spacial score (nSPS) is 31.4. The number of hydrogen-bond acceptors (Lipinski definition) is 5. The molecule has 1 aromatic carbocycles. The van der Waals surface area contributed by atoms with Gasteiger partial charge in [-0.1, -0.05) is 12.1 Å². The van der Waals surface area contributed by atoms with Gasteiger partial charge in [0, 0.05) is 43.5 Å². The number of piperidine rings is 1. The lowest BCUT2D eigenvalue weighted by Gasteiger charge is -2.39. The number of aliphatic hydroxyl groups excluding tert-OH is 1. The Labute approximate surface area is 203 Å². The highest BCUT2D eigenvalue weighted by Gasteiger charge is 2.40. The van der Waals surface area contributed by atoms with Crippen molar-refractivity contribution in [3.63, 3.8) is 0 Å². The van der Waals surface area contributed by atoms with Gasteiger partial charge in [-0.3, -0.25) is 19.7 Å². The van der Waals surface area contributed by atoms with Crippen LogP contribution < -0.4 is 10.6 Å². The number of benzene rings is 1. The van der Waals surface area contributed by atoms with Crippen LogP contribution in [0.25, 0.3) is 0 Å². The van der Waals surface area contributed by atoms with Crippen LogP contribution in [0.1, 0.15) is 79.3 Å². The summed E-state index contributed by atoms with van der Waals surface area (Å²) in [5, 5.41) is 16.2. The summed E-state index contributed by atoms with van der Waals surface area (Å²) in [5.41, 5.74) is 2.56. The molecule has 9 heteroatoms. The average molecular weight is 490 g/mol. The van der Waals surface area contributed by atoms with Crippen LogP contribution in [0.4, 0.5) is 8.78 Å². The van der Waals surface area contributed by atoms with Crippen molar-refractivity contribution in [2.45, 2.75) is 101 Å². The molecule has 3 amide bonds. The van der Waals surface area contributed by atoms with Crippen molar-refractivity contribution in [2.75, 3.05) is 0 Å². The first-order valence-electron chi connectivity index (χ1n) is 12.8. The molecule has 2 aliphatic heterocycles.